The van der Waals surface area contributed by atoms with E-state index in [-0.39, 0.29) is 0 Å². The minimum Gasteiger partial charge on any atom is -0.330 e. The smallest absolute Gasteiger partial charge is 0.108 e. The largest absolute Gasteiger partial charge is 0.330 e. The van der Waals surface area contributed by atoms with Gasteiger partial charge in [-0.3, -0.25) is 0 Å². The van der Waals surface area contributed by atoms with Gasteiger partial charge in [-0.1, -0.05) is 37.0 Å². The number of rotatable bonds is 3. The zero-order valence-corrected chi connectivity index (χ0v) is 10.6. The minimum atomic E-state index is 0.389. The van der Waals surface area contributed by atoms with E-state index in [1.165, 1.54) is 5.56 Å². The second-order valence-electron chi connectivity index (χ2n) is 3.99. The molecular weight excluding hydrogens is 222 g/mol. The van der Waals surface area contributed by atoms with Crippen molar-refractivity contribution in [2.24, 2.45) is 5.73 Å². The van der Waals surface area contributed by atoms with E-state index in [0.717, 1.165) is 24.4 Å². The van der Waals surface area contributed by atoms with Gasteiger partial charge in [-0.25, -0.2) is 4.98 Å². The fourth-order valence-corrected chi connectivity index (χ4v) is 1.91. The van der Waals surface area contributed by atoms with E-state index in [4.69, 9.17) is 5.73 Å². The fraction of sp³-hybridized carbons (Fsp3) is 0.267. The predicted molar refractivity (Wildman–Crippen MR) is 73.1 cm³/mol. The molecule has 0 aliphatic rings. The quantitative estimate of drug-likeness (QED) is 0.830. The first-order valence-corrected chi connectivity index (χ1v) is 6.12. The summed E-state index contributed by atoms with van der Waals surface area (Å²) in [6.45, 7) is 3.30. The first kappa shape index (κ1) is 12.4. The summed E-state index contributed by atoms with van der Waals surface area (Å²) in [6.07, 6.45) is 4.78. The molecule has 3 nitrogen and oxygen atoms in total. The number of benzene rings is 1. The van der Waals surface area contributed by atoms with Gasteiger partial charge >= 0.3 is 0 Å². The normalized spacial score (nSPS) is 9.89. The Labute approximate surface area is 108 Å². The number of aryl methyl sites for hydroxylation is 1. The summed E-state index contributed by atoms with van der Waals surface area (Å²) in [5.74, 6) is 7.11. The van der Waals surface area contributed by atoms with Gasteiger partial charge < -0.3 is 10.3 Å². The van der Waals surface area contributed by atoms with Crippen molar-refractivity contribution in [1.29, 1.82) is 0 Å². The number of imidazole rings is 1. The lowest BCUT2D eigenvalue weighted by atomic mass is 10.1. The lowest BCUT2D eigenvalue weighted by molar-refractivity contribution is 0.731. The summed E-state index contributed by atoms with van der Waals surface area (Å²) in [6, 6.07) is 8.16. The van der Waals surface area contributed by atoms with Gasteiger partial charge in [-0.05, 0) is 11.6 Å². The van der Waals surface area contributed by atoms with Crippen LogP contribution in [0.1, 0.15) is 23.9 Å². The zero-order valence-electron chi connectivity index (χ0n) is 10.6. The topological polar surface area (TPSA) is 43.8 Å². The van der Waals surface area contributed by atoms with Crippen LogP contribution in [-0.4, -0.2) is 16.1 Å². The molecule has 0 atom stereocenters. The Hall–Kier alpha value is -2.05. The van der Waals surface area contributed by atoms with E-state index >= 15 is 0 Å². The number of nitrogens with zero attached hydrogens (tertiary/aromatic N) is 2. The standard InChI is InChI=1S/C15H17N3/c1-2-15-17-10-11-18(15)12-14-7-4-3-6-13(14)8-5-9-16/h3-4,6-7,10-11H,2,9,12,16H2,1H3. The highest BCUT2D eigenvalue weighted by Gasteiger charge is 2.04. The fourth-order valence-electron chi connectivity index (χ4n) is 1.91. The van der Waals surface area contributed by atoms with Gasteiger partial charge in [0.15, 0.2) is 0 Å². The molecule has 2 rings (SSSR count). The minimum absolute atomic E-state index is 0.389. The molecule has 0 aliphatic carbocycles. The molecule has 0 fully saturated rings. The van der Waals surface area contributed by atoms with Gasteiger partial charge in [0.1, 0.15) is 5.82 Å². The van der Waals surface area contributed by atoms with Crippen LogP contribution in [0.5, 0.6) is 0 Å². The summed E-state index contributed by atoms with van der Waals surface area (Å²) in [4.78, 5) is 4.33. The zero-order chi connectivity index (χ0) is 12.8. The Morgan fingerprint density at radius 2 is 2.17 bits per heavy atom. The lowest BCUT2D eigenvalue weighted by Crippen LogP contribution is -2.05. The molecule has 0 aliphatic heterocycles. The highest BCUT2D eigenvalue weighted by atomic mass is 15.1. The summed E-state index contributed by atoms with van der Waals surface area (Å²) in [5, 5.41) is 0. The van der Waals surface area contributed by atoms with Crippen molar-refractivity contribution in [3.63, 3.8) is 0 Å². The van der Waals surface area contributed by atoms with E-state index < -0.39 is 0 Å². The van der Waals surface area contributed by atoms with Gasteiger partial charge in [0.25, 0.3) is 0 Å². The van der Waals surface area contributed by atoms with Crippen LogP contribution >= 0.6 is 0 Å². The summed E-state index contributed by atoms with van der Waals surface area (Å²) in [5.41, 5.74) is 7.66. The van der Waals surface area contributed by atoms with E-state index in [2.05, 4.69) is 34.4 Å². The van der Waals surface area contributed by atoms with Crippen molar-refractivity contribution < 1.29 is 0 Å². The maximum Gasteiger partial charge on any atom is 0.108 e. The van der Waals surface area contributed by atoms with Gasteiger partial charge in [0.05, 0.1) is 6.54 Å². The Morgan fingerprint density at radius 1 is 1.33 bits per heavy atom. The van der Waals surface area contributed by atoms with Crippen LogP contribution in [0.3, 0.4) is 0 Å². The van der Waals surface area contributed by atoms with Gasteiger partial charge in [-0.2, -0.15) is 0 Å². The summed E-state index contributed by atoms with van der Waals surface area (Å²) >= 11 is 0. The third kappa shape index (κ3) is 2.79. The third-order valence-corrected chi connectivity index (χ3v) is 2.80. The summed E-state index contributed by atoms with van der Waals surface area (Å²) in [7, 11) is 0. The molecule has 92 valence electrons. The van der Waals surface area contributed by atoms with Crippen molar-refractivity contribution in [3.05, 3.63) is 53.6 Å². The molecule has 0 spiro atoms. The van der Waals surface area contributed by atoms with Crippen LogP contribution in [0.25, 0.3) is 0 Å². The molecule has 0 unspecified atom stereocenters. The Balaban J connectivity index is 2.29. The highest BCUT2D eigenvalue weighted by Crippen LogP contribution is 2.11. The molecule has 1 heterocycles. The molecule has 0 bridgehead atoms. The molecule has 18 heavy (non-hydrogen) atoms. The monoisotopic (exact) mass is 239 g/mol. The van der Waals surface area contributed by atoms with E-state index in [9.17, 15) is 0 Å². The molecule has 0 saturated heterocycles. The molecule has 1 aromatic heterocycles. The van der Waals surface area contributed by atoms with Crippen molar-refractivity contribution >= 4 is 0 Å². The molecule has 0 saturated carbocycles. The number of hydrogen-bond donors (Lipinski definition) is 1. The molecule has 0 amide bonds. The second kappa shape index (κ2) is 6.04. The second-order valence-corrected chi connectivity index (χ2v) is 3.99. The maximum absolute atomic E-state index is 5.42. The first-order valence-electron chi connectivity index (χ1n) is 6.12. The van der Waals surface area contributed by atoms with Crippen LogP contribution in [0, 0.1) is 11.8 Å². The van der Waals surface area contributed by atoms with Gasteiger partial charge in [0.2, 0.25) is 0 Å². The third-order valence-electron chi connectivity index (χ3n) is 2.80. The molecule has 3 heteroatoms. The van der Waals surface area contributed by atoms with Gasteiger partial charge in [0, 0.05) is 30.9 Å². The average Bonchev–Trinajstić information content (AvgIpc) is 2.85. The van der Waals surface area contributed by atoms with Crippen LogP contribution in [0.2, 0.25) is 0 Å². The van der Waals surface area contributed by atoms with E-state index in [1.807, 2.05) is 30.6 Å². The highest BCUT2D eigenvalue weighted by molar-refractivity contribution is 5.41. The van der Waals surface area contributed by atoms with Crippen molar-refractivity contribution in [2.45, 2.75) is 19.9 Å². The predicted octanol–water partition coefficient (Wildman–Crippen LogP) is 1.80. The molecule has 2 N–H and O–H groups in total. The molecule has 2 aromatic rings. The number of aromatic nitrogens is 2. The number of hydrogen-bond acceptors (Lipinski definition) is 2. The Morgan fingerprint density at radius 3 is 2.94 bits per heavy atom. The lowest BCUT2D eigenvalue weighted by Gasteiger charge is -2.08. The number of nitrogens with two attached hydrogens (primary N) is 1. The molecular formula is C15H17N3. The van der Waals surface area contributed by atoms with E-state index in [0.29, 0.717) is 6.54 Å². The molecule has 1 aromatic carbocycles. The SMILES string of the molecule is CCc1nccn1Cc1ccccc1C#CCN. The van der Waals surface area contributed by atoms with Crippen LogP contribution in [0.15, 0.2) is 36.7 Å². The molecule has 0 radical (unpaired) electrons. The maximum atomic E-state index is 5.42. The van der Waals surface area contributed by atoms with Crippen LogP contribution in [0.4, 0.5) is 0 Å². The van der Waals surface area contributed by atoms with Crippen LogP contribution in [-0.2, 0) is 13.0 Å². The average molecular weight is 239 g/mol. The summed E-state index contributed by atoms with van der Waals surface area (Å²) < 4.78 is 2.16. The Kier molecular flexibility index (Phi) is 4.16. The van der Waals surface area contributed by atoms with Crippen molar-refractivity contribution in [1.82, 2.24) is 9.55 Å². The van der Waals surface area contributed by atoms with Crippen LogP contribution < -0.4 is 5.73 Å². The Bertz CT molecular complexity index is 573. The van der Waals surface area contributed by atoms with Crippen molar-refractivity contribution in [3.8, 4) is 11.8 Å². The van der Waals surface area contributed by atoms with Gasteiger partial charge in [-0.15, -0.1) is 0 Å². The first-order chi connectivity index (χ1) is 8.85. The van der Waals surface area contributed by atoms with Crippen molar-refractivity contribution in [2.75, 3.05) is 6.54 Å². The van der Waals surface area contributed by atoms with E-state index in [1.54, 1.807) is 0 Å².